The van der Waals surface area contributed by atoms with Gasteiger partial charge in [0.2, 0.25) is 0 Å². The standard InChI is InChI=1S/C28H37N5O/c1-32(21-22-8-4-2-5-9-22)25-14-18-33(19-15-25)28(34)24-11-12-27(29)26(20-24)23-10-6-3-7-16-30-31-17-13-23/h2,4-5,8-9,11-13,16,20,25,31H,3,6-7,10,14-15,17-19,21,29H2,1H3/b23-13+,30-16-. The molecule has 3 N–H and O–H groups in total. The zero-order valence-corrected chi connectivity index (χ0v) is 20.2. The molecule has 0 bridgehead atoms. The third-order valence-electron chi connectivity index (χ3n) is 6.95. The summed E-state index contributed by atoms with van der Waals surface area (Å²) in [7, 11) is 2.19. The maximum Gasteiger partial charge on any atom is 0.253 e. The first-order chi connectivity index (χ1) is 16.6. The zero-order valence-electron chi connectivity index (χ0n) is 20.2. The van der Waals surface area contributed by atoms with Crippen LogP contribution in [0.15, 0.2) is 59.7 Å². The molecule has 0 unspecified atom stereocenters. The Bertz CT molecular complexity index is 1010. The van der Waals surface area contributed by atoms with Crippen LogP contribution in [-0.2, 0) is 6.54 Å². The summed E-state index contributed by atoms with van der Waals surface area (Å²) in [6.45, 7) is 3.17. The quantitative estimate of drug-likeness (QED) is 0.644. The molecule has 6 heteroatoms. The van der Waals surface area contributed by atoms with Crippen molar-refractivity contribution in [2.75, 3.05) is 32.4 Å². The van der Waals surface area contributed by atoms with Gasteiger partial charge in [0.15, 0.2) is 0 Å². The molecule has 0 aromatic heterocycles. The second kappa shape index (κ2) is 11.8. The van der Waals surface area contributed by atoms with Crippen molar-refractivity contribution in [3.8, 4) is 0 Å². The van der Waals surface area contributed by atoms with Gasteiger partial charge < -0.3 is 16.1 Å². The number of anilines is 1. The molecule has 0 aliphatic carbocycles. The number of likely N-dealkylation sites (tertiary alicyclic amines) is 1. The van der Waals surface area contributed by atoms with Gasteiger partial charge in [-0.05, 0) is 74.9 Å². The Morgan fingerprint density at radius 3 is 2.74 bits per heavy atom. The van der Waals surface area contributed by atoms with E-state index in [0.29, 0.717) is 12.6 Å². The van der Waals surface area contributed by atoms with E-state index in [1.54, 1.807) is 0 Å². The lowest BCUT2D eigenvalue weighted by molar-refractivity contribution is 0.0639. The number of nitrogens with zero attached hydrogens (tertiary/aromatic N) is 3. The van der Waals surface area contributed by atoms with E-state index < -0.39 is 0 Å². The fraction of sp³-hybridized carbons (Fsp3) is 0.429. The highest BCUT2D eigenvalue weighted by molar-refractivity contribution is 5.96. The zero-order chi connectivity index (χ0) is 23.8. The maximum absolute atomic E-state index is 13.4. The van der Waals surface area contributed by atoms with Gasteiger partial charge in [-0.15, -0.1) is 0 Å². The molecular formula is C28H37N5O. The minimum Gasteiger partial charge on any atom is -0.398 e. The van der Waals surface area contributed by atoms with Crippen molar-refractivity contribution >= 4 is 23.4 Å². The number of benzene rings is 2. The summed E-state index contributed by atoms with van der Waals surface area (Å²) >= 11 is 0. The molecule has 2 aliphatic rings. The van der Waals surface area contributed by atoms with Crippen molar-refractivity contribution in [2.24, 2.45) is 5.10 Å². The Kier molecular flexibility index (Phi) is 8.36. The van der Waals surface area contributed by atoms with Crippen molar-refractivity contribution in [2.45, 2.75) is 51.1 Å². The summed E-state index contributed by atoms with van der Waals surface area (Å²) in [5.41, 5.74) is 14.4. The van der Waals surface area contributed by atoms with E-state index in [2.05, 4.69) is 58.9 Å². The number of hydrazone groups is 1. The molecule has 4 rings (SSSR count). The molecule has 180 valence electrons. The van der Waals surface area contributed by atoms with Gasteiger partial charge in [0.1, 0.15) is 0 Å². The van der Waals surface area contributed by atoms with Gasteiger partial charge in [0.25, 0.3) is 5.91 Å². The van der Waals surface area contributed by atoms with Crippen molar-refractivity contribution in [3.05, 3.63) is 71.3 Å². The second-order valence-electron chi connectivity index (χ2n) is 9.38. The first-order valence-electron chi connectivity index (χ1n) is 12.5. The molecular weight excluding hydrogens is 422 g/mol. The molecule has 2 aliphatic heterocycles. The van der Waals surface area contributed by atoms with Gasteiger partial charge in [-0.25, -0.2) is 0 Å². The van der Waals surface area contributed by atoms with Crippen molar-refractivity contribution < 1.29 is 4.79 Å². The minimum atomic E-state index is 0.105. The molecule has 34 heavy (non-hydrogen) atoms. The average Bonchev–Trinajstić information content (AvgIpc) is 2.88. The van der Waals surface area contributed by atoms with E-state index in [0.717, 1.165) is 75.0 Å². The number of carbonyl (C=O) groups excluding carboxylic acids is 1. The van der Waals surface area contributed by atoms with Crippen LogP contribution in [0.5, 0.6) is 0 Å². The SMILES string of the molecule is CN(Cc1ccccc1)C1CCN(C(=O)c2ccc(N)c(/C3=C/CN/N=C\CCCC3)c2)CC1. The third kappa shape index (κ3) is 6.26. The smallest absolute Gasteiger partial charge is 0.253 e. The summed E-state index contributed by atoms with van der Waals surface area (Å²) in [5, 5.41) is 4.22. The van der Waals surface area contributed by atoms with Crippen LogP contribution in [-0.4, -0.2) is 54.6 Å². The fourth-order valence-electron chi connectivity index (χ4n) is 4.91. The summed E-state index contributed by atoms with van der Waals surface area (Å²) in [6.07, 6.45) is 10.2. The molecule has 0 radical (unpaired) electrons. The molecule has 1 amide bonds. The summed E-state index contributed by atoms with van der Waals surface area (Å²) in [6, 6.07) is 16.8. The van der Waals surface area contributed by atoms with E-state index >= 15 is 0 Å². The van der Waals surface area contributed by atoms with Crippen LogP contribution in [0.2, 0.25) is 0 Å². The number of hydrogen-bond donors (Lipinski definition) is 2. The minimum absolute atomic E-state index is 0.105. The fourth-order valence-corrected chi connectivity index (χ4v) is 4.91. The van der Waals surface area contributed by atoms with Gasteiger partial charge >= 0.3 is 0 Å². The number of nitrogens with one attached hydrogen (secondary N) is 1. The Balaban J connectivity index is 1.39. The number of carbonyl (C=O) groups is 1. The molecule has 2 aromatic carbocycles. The number of hydrogen-bond acceptors (Lipinski definition) is 5. The number of piperidine rings is 1. The van der Waals surface area contributed by atoms with Crippen LogP contribution in [0.1, 0.15) is 60.0 Å². The predicted octanol–water partition coefficient (Wildman–Crippen LogP) is 4.54. The monoisotopic (exact) mass is 459 g/mol. The lowest BCUT2D eigenvalue weighted by Crippen LogP contribution is -2.45. The summed E-state index contributed by atoms with van der Waals surface area (Å²) in [4.78, 5) is 17.8. The number of amides is 1. The number of nitrogens with two attached hydrogens (primary N) is 1. The first kappa shape index (κ1) is 24.0. The highest BCUT2D eigenvalue weighted by Gasteiger charge is 2.26. The van der Waals surface area contributed by atoms with Crippen LogP contribution >= 0.6 is 0 Å². The molecule has 0 spiro atoms. The third-order valence-corrected chi connectivity index (χ3v) is 6.95. The van der Waals surface area contributed by atoms with Crippen LogP contribution < -0.4 is 11.2 Å². The van der Waals surface area contributed by atoms with E-state index in [4.69, 9.17) is 5.73 Å². The lowest BCUT2D eigenvalue weighted by atomic mass is 9.95. The molecule has 0 atom stereocenters. The van der Waals surface area contributed by atoms with Gasteiger partial charge in [0.05, 0.1) is 6.54 Å². The van der Waals surface area contributed by atoms with Gasteiger partial charge in [-0.3, -0.25) is 9.69 Å². The lowest BCUT2D eigenvalue weighted by Gasteiger charge is -2.37. The normalized spacial score (nSPS) is 20.3. The topological polar surface area (TPSA) is 74.0 Å². The van der Waals surface area contributed by atoms with Crippen LogP contribution in [0.25, 0.3) is 5.57 Å². The number of allylic oxidation sites excluding steroid dienone is 1. The van der Waals surface area contributed by atoms with Crippen molar-refractivity contribution in [1.29, 1.82) is 0 Å². The second-order valence-corrected chi connectivity index (χ2v) is 9.38. The van der Waals surface area contributed by atoms with Crippen molar-refractivity contribution in [3.63, 3.8) is 0 Å². The average molecular weight is 460 g/mol. The predicted molar refractivity (Wildman–Crippen MR) is 141 cm³/mol. The Hall–Kier alpha value is -3.12. The van der Waals surface area contributed by atoms with Crippen molar-refractivity contribution in [1.82, 2.24) is 15.2 Å². The summed E-state index contributed by atoms with van der Waals surface area (Å²) < 4.78 is 0. The van der Waals surface area contributed by atoms with Gasteiger partial charge in [-0.2, -0.15) is 5.10 Å². The van der Waals surface area contributed by atoms with Gasteiger partial charge in [-0.1, -0.05) is 36.4 Å². The van der Waals surface area contributed by atoms with E-state index in [-0.39, 0.29) is 5.91 Å². The van der Waals surface area contributed by atoms with Gasteiger partial charge in [0, 0.05) is 48.7 Å². The summed E-state index contributed by atoms with van der Waals surface area (Å²) in [5.74, 6) is 0.105. The maximum atomic E-state index is 13.4. The number of nitrogen functional groups attached to an aromatic ring is 1. The number of rotatable bonds is 5. The van der Waals surface area contributed by atoms with E-state index in [9.17, 15) is 4.79 Å². The van der Waals surface area contributed by atoms with E-state index in [1.807, 2.05) is 29.3 Å². The molecule has 1 saturated heterocycles. The highest BCUT2D eigenvalue weighted by atomic mass is 16.2. The molecule has 1 fully saturated rings. The Morgan fingerprint density at radius 1 is 1.15 bits per heavy atom. The first-order valence-corrected chi connectivity index (χ1v) is 12.5. The van der Waals surface area contributed by atoms with Crippen LogP contribution in [0.3, 0.4) is 0 Å². The van der Waals surface area contributed by atoms with Crippen LogP contribution in [0.4, 0.5) is 5.69 Å². The largest absolute Gasteiger partial charge is 0.398 e. The Labute approximate surface area is 203 Å². The molecule has 6 nitrogen and oxygen atoms in total. The Morgan fingerprint density at radius 2 is 1.94 bits per heavy atom. The highest BCUT2D eigenvalue weighted by Crippen LogP contribution is 2.29. The molecule has 2 aromatic rings. The van der Waals surface area contributed by atoms with Crippen LogP contribution in [0, 0.1) is 0 Å². The molecule has 2 heterocycles. The van der Waals surface area contributed by atoms with E-state index in [1.165, 1.54) is 11.1 Å². The molecule has 0 saturated carbocycles.